The summed E-state index contributed by atoms with van der Waals surface area (Å²) in [5.74, 6) is -0.371. The number of thiazole rings is 1. The predicted molar refractivity (Wildman–Crippen MR) is 113 cm³/mol. The number of aromatic nitrogens is 1. The van der Waals surface area contributed by atoms with Crippen LogP contribution in [-0.4, -0.2) is 41.7 Å². The fourth-order valence-corrected chi connectivity index (χ4v) is 4.90. The van der Waals surface area contributed by atoms with Gasteiger partial charge in [-0.05, 0) is 29.7 Å². The van der Waals surface area contributed by atoms with E-state index < -0.39 is 0 Å². The maximum Gasteiger partial charge on any atom is 0.273 e. The smallest absolute Gasteiger partial charge is 0.273 e. The van der Waals surface area contributed by atoms with E-state index >= 15 is 0 Å². The second kappa shape index (κ2) is 8.57. The summed E-state index contributed by atoms with van der Waals surface area (Å²) >= 11 is 2.69. The van der Waals surface area contributed by atoms with Gasteiger partial charge in [0.15, 0.2) is 5.57 Å². The molecular formula is C21H17N3O3S2. The molecule has 1 amide bonds. The van der Waals surface area contributed by atoms with Crippen LogP contribution in [0.25, 0.3) is 17.3 Å². The summed E-state index contributed by atoms with van der Waals surface area (Å²) in [6, 6.07) is 15.0. The lowest BCUT2D eigenvalue weighted by Gasteiger charge is -2.26. The Labute approximate surface area is 174 Å². The monoisotopic (exact) mass is 423 g/mol. The molecule has 1 aliphatic rings. The highest BCUT2D eigenvalue weighted by atomic mass is 32.1. The molecule has 8 heteroatoms. The summed E-state index contributed by atoms with van der Waals surface area (Å²) in [6.45, 7) is 1.74. The second-order valence-corrected chi connectivity index (χ2v) is 8.31. The second-order valence-electron chi connectivity index (χ2n) is 6.30. The topological polar surface area (TPSA) is 75.3 Å². The zero-order valence-electron chi connectivity index (χ0n) is 15.4. The number of benzene rings is 1. The van der Waals surface area contributed by atoms with E-state index in [4.69, 9.17) is 4.74 Å². The number of morpholine rings is 1. The Balaban J connectivity index is 1.98. The van der Waals surface area contributed by atoms with Crippen LogP contribution in [0, 0.1) is 11.3 Å². The molecule has 6 nitrogen and oxygen atoms in total. The zero-order valence-corrected chi connectivity index (χ0v) is 17.0. The zero-order chi connectivity index (χ0) is 20.2. The standard InChI is InChI=1S/C21H17N3O3S2/c22-14-17(19(25)23-8-10-27-11-9-23)21-24(15-5-2-1-3-6-15)20(26)18(29-21)13-16-7-4-12-28-16/h1-7,12-13H,8-11H2/b18-13+,21-17+. The van der Waals surface area contributed by atoms with E-state index in [-0.39, 0.29) is 17.0 Å². The van der Waals surface area contributed by atoms with Crippen molar-refractivity contribution >= 4 is 40.2 Å². The van der Waals surface area contributed by atoms with Crippen LogP contribution in [0.5, 0.6) is 0 Å². The van der Waals surface area contributed by atoms with Crippen molar-refractivity contribution in [3.05, 3.63) is 72.3 Å². The van der Waals surface area contributed by atoms with Crippen molar-refractivity contribution < 1.29 is 9.53 Å². The average Bonchev–Trinajstić information content (AvgIpc) is 3.38. The number of amides is 1. The van der Waals surface area contributed by atoms with Gasteiger partial charge in [0.25, 0.3) is 11.5 Å². The summed E-state index contributed by atoms with van der Waals surface area (Å²) in [4.78, 5) is 28.8. The van der Waals surface area contributed by atoms with Crippen LogP contribution in [-0.2, 0) is 9.53 Å². The van der Waals surface area contributed by atoms with Crippen LogP contribution in [0.3, 0.4) is 0 Å². The number of carbonyl (C=O) groups excluding carboxylic acids is 1. The van der Waals surface area contributed by atoms with Crippen molar-refractivity contribution in [2.24, 2.45) is 0 Å². The Hall–Kier alpha value is -2.99. The van der Waals surface area contributed by atoms with E-state index in [1.54, 1.807) is 23.1 Å². The molecule has 3 aromatic rings. The van der Waals surface area contributed by atoms with Gasteiger partial charge in [-0.1, -0.05) is 24.3 Å². The SMILES string of the molecule is N#C/C(C(=O)N1CCOCC1)=c1\s/c(=C/c2cccs2)c(=O)n1-c1ccccc1. The Morgan fingerprint density at radius 3 is 2.55 bits per heavy atom. The Morgan fingerprint density at radius 2 is 1.90 bits per heavy atom. The normalized spacial score (nSPS) is 15.8. The molecule has 0 bridgehead atoms. The van der Waals surface area contributed by atoms with Gasteiger partial charge in [0.2, 0.25) is 0 Å². The molecular weight excluding hydrogens is 406 g/mol. The van der Waals surface area contributed by atoms with Gasteiger partial charge in [-0.15, -0.1) is 22.7 Å². The first-order chi connectivity index (χ1) is 14.2. The third-order valence-electron chi connectivity index (χ3n) is 4.49. The van der Waals surface area contributed by atoms with Gasteiger partial charge in [0.1, 0.15) is 10.7 Å². The first-order valence-electron chi connectivity index (χ1n) is 9.03. The van der Waals surface area contributed by atoms with Crippen molar-refractivity contribution in [3.8, 4) is 11.8 Å². The fourth-order valence-electron chi connectivity index (χ4n) is 3.08. The molecule has 0 spiro atoms. The molecule has 3 heterocycles. The number of hydrogen-bond donors (Lipinski definition) is 0. The average molecular weight is 424 g/mol. The predicted octanol–water partition coefficient (Wildman–Crippen LogP) is 1.32. The summed E-state index contributed by atoms with van der Waals surface area (Å²) in [6.07, 6.45) is 1.80. The van der Waals surface area contributed by atoms with Gasteiger partial charge in [0.05, 0.1) is 23.4 Å². The Morgan fingerprint density at radius 1 is 1.14 bits per heavy atom. The lowest BCUT2D eigenvalue weighted by Crippen LogP contribution is -2.42. The van der Waals surface area contributed by atoms with Crippen molar-refractivity contribution in [1.29, 1.82) is 5.26 Å². The van der Waals surface area contributed by atoms with Crippen LogP contribution in [0.4, 0.5) is 0 Å². The number of thiophene rings is 1. The van der Waals surface area contributed by atoms with Gasteiger partial charge < -0.3 is 9.64 Å². The molecule has 4 rings (SSSR count). The van der Waals surface area contributed by atoms with Crippen LogP contribution < -0.4 is 14.8 Å². The minimum atomic E-state index is -0.371. The molecule has 0 radical (unpaired) electrons. The number of rotatable bonds is 3. The van der Waals surface area contributed by atoms with E-state index in [9.17, 15) is 14.9 Å². The molecule has 1 aliphatic heterocycles. The van der Waals surface area contributed by atoms with Gasteiger partial charge in [-0.2, -0.15) is 5.26 Å². The Bertz CT molecular complexity index is 1230. The molecule has 0 unspecified atom stereocenters. The third-order valence-corrected chi connectivity index (χ3v) is 6.40. The number of para-hydroxylation sites is 1. The summed E-state index contributed by atoms with van der Waals surface area (Å²) in [5.41, 5.74) is 0.355. The van der Waals surface area contributed by atoms with Crippen molar-refractivity contribution in [3.63, 3.8) is 0 Å². The first-order valence-corrected chi connectivity index (χ1v) is 10.7. The van der Waals surface area contributed by atoms with Crippen molar-refractivity contribution in [1.82, 2.24) is 9.47 Å². The van der Waals surface area contributed by atoms with Gasteiger partial charge in [-0.3, -0.25) is 14.2 Å². The Kier molecular flexibility index (Phi) is 5.71. The third kappa shape index (κ3) is 3.93. The van der Waals surface area contributed by atoms with Crippen LogP contribution in [0.2, 0.25) is 0 Å². The molecule has 146 valence electrons. The highest BCUT2D eigenvalue weighted by molar-refractivity contribution is 7.11. The van der Waals surface area contributed by atoms with Crippen LogP contribution >= 0.6 is 22.7 Å². The van der Waals surface area contributed by atoms with Crippen LogP contribution in [0.1, 0.15) is 4.88 Å². The van der Waals surface area contributed by atoms with Gasteiger partial charge >= 0.3 is 0 Å². The summed E-state index contributed by atoms with van der Waals surface area (Å²) in [5, 5.41) is 11.8. The van der Waals surface area contributed by atoms with Crippen LogP contribution in [0.15, 0.2) is 52.6 Å². The van der Waals surface area contributed by atoms with E-state index in [2.05, 4.69) is 0 Å². The number of nitriles is 1. The largest absolute Gasteiger partial charge is 0.378 e. The summed E-state index contributed by atoms with van der Waals surface area (Å²) < 4.78 is 7.59. The van der Waals surface area contributed by atoms with Gasteiger partial charge in [-0.25, -0.2) is 0 Å². The lowest BCUT2D eigenvalue weighted by molar-refractivity contribution is -0.128. The maximum atomic E-state index is 13.2. The molecule has 29 heavy (non-hydrogen) atoms. The highest BCUT2D eigenvalue weighted by Crippen LogP contribution is 2.10. The summed E-state index contributed by atoms with van der Waals surface area (Å²) in [7, 11) is 0. The van der Waals surface area contributed by atoms with E-state index in [0.717, 1.165) is 4.88 Å². The molecule has 0 N–H and O–H groups in total. The molecule has 0 saturated carbocycles. The molecule has 2 aromatic heterocycles. The van der Waals surface area contributed by atoms with E-state index in [1.165, 1.54) is 27.2 Å². The molecule has 1 aromatic carbocycles. The number of ether oxygens (including phenoxy) is 1. The number of carbonyl (C=O) groups is 1. The lowest BCUT2D eigenvalue weighted by atomic mass is 10.2. The number of hydrogen-bond acceptors (Lipinski definition) is 6. The quantitative estimate of drug-likeness (QED) is 0.637. The molecule has 1 fully saturated rings. The minimum absolute atomic E-state index is 0.0244. The molecule has 0 aliphatic carbocycles. The minimum Gasteiger partial charge on any atom is -0.378 e. The van der Waals surface area contributed by atoms with Gasteiger partial charge in [0, 0.05) is 18.0 Å². The van der Waals surface area contributed by atoms with E-state index in [1.807, 2.05) is 41.8 Å². The van der Waals surface area contributed by atoms with E-state index in [0.29, 0.717) is 41.2 Å². The maximum absolute atomic E-state index is 13.2. The van der Waals surface area contributed by atoms with Crippen molar-refractivity contribution in [2.45, 2.75) is 0 Å². The van der Waals surface area contributed by atoms with Crippen molar-refractivity contribution in [2.75, 3.05) is 26.3 Å². The highest BCUT2D eigenvalue weighted by Gasteiger charge is 2.23. The first kappa shape index (κ1) is 19.3. The number of nitrogens with zero attached hydrogens (tertiary/aromatic N) is 3. The molecule has 0 atom stereocenters. The molecule has 1 saturated heterocycles. The fraction of sp³-hybridized carbons (Fsp3) is 0.190.